The molecule has 1 aromatic rings. The van der Waals surface area contributed by atoms with Gasteiger partial charge in [-0.25, -0.2) is 0 Å². The summed E-state index contributed by atoms with van der Waals surface area (Å²) in [6.07, 6.45) is 4.27. The number of hydrogen-bond acceptors (Lipinski definition) is 2. The highest BCUT2D eigenvalue weighted by atomic mass is 16.2. The van der Waals surface area contributed by atoms with E-state index in [1.54, 1.807) is 0 Å². The molecule has 0 radical (unpaired) electrons. The Labute approximate surface area is 146 Å². The monoisotopic (exact) mass is 326 g/mol. The fourth-order valence-electron chi connectivity index (χ4n) is 5.96. The number of fused-ring (bicyclic) bond motifs is 3. The molecule has 2 fully saturated rings. The average molecular weight is 326 g/mol. The molecule has 0 N–H and O–H groups in total. The molecule has 2 aliphatic heterocycles. The van der Waals surface area contributed by atoms with Gasteiger partial charge < -0.3 is 9.80 Å². The summed E-state index contributed by atoms with van der Waals surface area (Å²) in [6.45, 7) is 9.05. The van der Waals surface area contributed by atoms with Crippen LogP contribution in [0.4, 0.5) is 5.69 Å². The van der Waals surface area contributed by atoms with Crippen LogP contribution in [0.2, 0.25) is 0 Å². The van der Waals surface area contributed by atoms with Gasteiger partial charge in [-0.05, 0) is 41.7 Å². The molecule has 1 saturated heterocycles. The Hall–Kier alpha value is -1.51. The Kier molecular flexibility index (Phi) is 3.49. The van der Waals surface area contributed by atoms with Gasteiger partial charge >= 0.3 is 0 Å². The van der Waals surface area contributed by atoms with E-state index in [1.807, 2.05) is 0 Å². The number of carbonyl (C=O) groups excluding carboxylic acids is 1. The number of likely N-dealkylation sites (tertiary alicyclic amines) is 1. The van der Waals surface area contributed by atoms with Gasteiger partial charge in [-0.3, -0.25) is 4.79 Å². The van der Waals surface area contributed by atoms with E-state index >= 15 is 0 Å². The smallest absolute Gasteiger partial charge is 0.223 e. The highest BCUT2D eigenvalue weighted by Gasteiger charge is 2.51. The molecule has 1 aromatic carbocycles. The quantitative estimate of drug-likeness (QED) is 0.819. The molecule has 4 rings (SSSR count). The molecule has 1 aliphatic carbocycles. The summed E-state index contributed by atoms with van der Waals surface area (Å²) in [5.74, 6) is 0.719. The van der Waals surface area contributed by atoms with Crippen molar-refractivity contribution in [2.45, 2.75) is 58.4 Å². The van der Waals surface area contributed by atoms with Crippen molar-refractivity contribution in [3.05, 3.63) is 29.8 Å². The number of benzene rings is 1. The average Bonchev–Trinajstić information content (AvgIpc) is 2.93. The fraction of sp³-hybridized carbons (Fsp3) is 0.667. The number of amides is 1. The van der Waals surface area contributed by atoms with E-state index in [1.165, 1.54) is 24.1 Å². The van der Waals surface area contributed by atoms with Crippen molar-refractivity contribution >= 4 is 11.6 Å². The van der Waals surface area contributed by atoms with E-state index in [9.17, 15) is 4.79 Å². The van der Waals surface area contributed by atoms with Crippen molar-refractivity contribution in [2.24, 2.45) is 10.8 Å². The summed E-state index contributed by atoms with van der Waals surface area (Å²) >= 11 is 0. The maximum absolute atomic E-state index is 13.1. The van der Waals surface area contributed by atoms with Crippen molar-refractivity contribution in [2.75, 3.05) is 25.0 Å². The molecular formula is C21H30N2O. The Morgan fingerprint density at radius 1 is 1.21 bits per heavy atom. The molecule has 1 amide bonds. The standard InChI is InChI=1S/C21H30N2O/c1-20(2)10-16-11-21(3,13-20)14-23(16)19(24)9-15-12-22(4)18-8-6-5-7-17(15)18/h5-8,15-16H,9-14H2,1-4H3. The third-order valence-electron chi connectivity index (χ3n) is 6.44. The molecule has 2 bridgehead atoms. The first-order chi connectivity index (χ1) is 11.3. The van der Waals surface area contributed by atoms with Crippen LogP contribution in [-0.2, 0) is 4.79 Å². The second-order valence-corrected chi connectivity index (χ2v) is 9.58. The molecule has 3 heteroatoms. The predicted molar refractivity (Wildman–Crippen MR) is 98.3 cm³/mol. The first-order valence-electron chi connectivity index (χ1n) is 9.36. The summed E-state index contributed by atoms with van der Waals surface area (Å²) < 4.78 is 0. The summed E-state index contributed by atoms with van der Waals surface area (Å²) in [7, 11) is 2.13. The van der Waals surface area contributed by atoms with Crippen LogP contribution < -0.4 is 4.90 Å². The molecular weight excluding hydrogens is 296 g/mol. The maximum atomic E-state index is 13.1. The first-order valence-corrected chi connectivity index (χ1v) is 9.36. The zero-order valence-corrected chi connectivity index (χ0v) is 15.5. The molecule has 0 spiro atoms. The van der Waals surface area contributed by atoms with E-state index in [4.69, 9.17) is 0 Å². The first kappa shape index (κ1) is 16.0. The zero-order valence-electron chi connectivity index (χ0n) is 15.5. The van der Waals surface area contributed by atoms with Gasteiger partial charge in [-0.2, -0.15) is 0 Å². The van der Waals surface area contributed by atoms with Gasteiger partial charge in [0.25, 0.3) is 0 Å². The molecule has 2 heterocycles. The Bertz CT molecular complexity index is 668. The molecule has 3 unspecified atom stereocenters. The van der Waals surface area contributed by atoms with Crippen molar-refractivity contribution in [3.63, 3.8) is 0 Å². The van der Waals surface area contributed by atoms with Crippen molar-refractivity contribution in [1.29, 1.82) is 0 Å². The number of nitrogens with zero attached hydrogens (tertiary/aromatic N) is 2. The largest absolute Gasteiger partial charge is 0.374 e. The third-order valence-corrected chi connectivity index (χ3v) is 6.44. The molecule has 3 aliphatic rings. The molecule has 3 atom stereocenters. The number of carbonyl (C=O) groups is 1. The summed E-state index contributed by atoms with van der Waals surface area (Å²) in [6, 6.07) is 9.02. The van der Waals surface area contributed by atoms with Crippen LogP contribution in [0.1, 0.15) is 57.9 Å². The number of likely N-dealkylation sites (N-methyl/N-ethyl adjacent to an activating group) is 1. The highest BCUT2D eigenvalue weighted by molar-refractivity contribution is 5.79. The SMILES string of the molecule is CN1CC(CC(=O)N2CC3(C)CC2CC(C)(C)C3)c2ccccc21. The number of anilines is 1. The molecule has 3 nitrogen and oxygen atoms in total. The van der Waals surface area contributed by atoms with Crippen LogP contribution >= 0.6 is 0 Å². The Morgan fingerprint density at radius 2 is 1.96 bits per heavy atom. The number of para-hydroxylation sites is 1. The normalized spacial score (nSPS) is 33.7. The topological polar surface area (TPSA) is 23.6 Å². The van der Waals surface area contributed by atoms with Crippen LogP contribution in [-0.4, -0.2) is 37.0 Å². The van der Waals surface area contributed by atoms with E-state index in [0.29, 0.717) is 35.1 Å². The van der Waals surface area contributed by atoms with Gasteiger partial charge in [0.05, 0.1) is 0 Å². The van der Waals surface area contributed by atoms with Crippen molar-refractivity contribution in [1.82, 2.24) is 4.90 Å². The summed E-state index contributed by atoms with van der Waals surface area (Å²) in [5.41, 5.74) is 3.34. The third kappa shape index (κ3) is 2.62. The zero-order chi connectivity index (χ0) is 17.1. The van der Waals surface area contributed by atoms with Gasteiger partial charge in [0, 0.05) is 44.2 Å². The van der Waals surface area contributed by atoms with Crippen LogP contribution in [0.3, 0.4) is 0 Å². The van der Waals surface area contributed by atoms with Crippen molar-refractivity contribution < 1.29 is 4.79 Å². The Morgan fingerprint density at radius 3 is 2.75 bits per heavy atom. The van der Waals surface area contributed by atoms with E-state index in [2.05, 4.69) is 61.9 Å². The summed E-state index contributed by atoms with van der Waals surface area (Å²) in [4.78, 5) is 17.6. The minimum absolute atomic E-state index is 0.326. The lowest BCUT2D eigenvalue weighted by molar-refractivity contribution is -0.132. The molecule has 24 heavy (non-hydrogen) atoms. The van der Waals surface area contributed by atoms with Crippen LogP contribution in [0, 0.1) is 10.8 Å². The Balaban J connectivity index is 1.50. The minimum Gasteiger partial charge on any atom is -0.374 e. The number of rotatable bonds is 2. The summed E-state index contributed by atoms with van der Waals surface area (Å²) in [5, 5.41) is 0. The van der Waals surface area contributed by atoms with E-state index < -0.39 is 0 Å². The van der Waals surface area contributed by atoms with Crippen molar-refractivity contribution in [3.8, 4) is 0 Å². The second-order valence-electron chi connectivity index (χ2n) is 9.58. The molecule has 0 aromatic heterocycles. The van der Waals surface area contributed by atoms with Gasteiger partial charge in [-0.15, -0.1) is 0 Å². The molecule has 1 saturated carbocycles. The van der Waals surface area contributed by atoms with E-state index in [-0.39, 0.29) is 0 Å². The number of hydrogen-bond donors (Lipinski definition) is 0. The molecule has 130 valence electrons. The van der Waals surface area contributed by atoms with Gasteiger partial charge in [-0.1, -0.05) is 39.0 Å². The minimum atomic E-state index is 0.326. The predicted octanol–water partition coefficient (Wildman–Crippen LogP) is 4.04. The van der Waals surface area contributed by atoms with Crippen LogP contribution in [0.5, 0.6) is 0 Å². The lowest BCUT2D eigenvalue weighted by atomic mass is 9.65. The fourth-order valence-corrected chi connectivity index (χ4v) is 5.96. The highest BCUT2D eigenvalue weighted by Crippen LogP contribution is 2.52. The lowest BCUT2D eigenvalue weighted by Gasteiger charge is -2.39. The second kappa shape index (κ2) is 5.24. The van der Waals surface area contributed by atoms with Gasteiger partial charge in [0.15, 0.2) is 0 Å². The van der Waals surface area contributed by atoms with Crippen LogP contribution in [0.25, 0.3) is 0 Å². The maximum Gasteiger partial charge on any atom is 0.223 e. The van der Waals surface area contributed by atoms with Gasteiger partial charge in [0.1, 0.15) is 0 Å². The van der Waals surface area contributed by atoms with E-state index in [0.717, 1.165) is 19.5 Å². The van der Waals surface area contributed by atoms with Gasteiger partial charge in [0.2, 0.25) is 5.91 Å². The van der Waals surface area contributed by atoms with Crippen LogP contribution in [0.15, 0.2) is 24.3 Å². The lowest BCUT2D eigenvalue weighted by Crippen LogP contribution is -2.38.